The van der Waals surface area contributed by atoms with Gasteiger partial charge in [-0.2, -0.15) is 0 Å². The Balaban J connectivity index is 2.03. The molecule has 0 unspecified atom stereocenters. The minimum absolute atomic E-state index is 0.411. The molecule has 94 valence electrons. The predicted molar refractivity (Wildman–Crippen MR) is 73.0 cm³/mol. The molecule has 0 amide bonds. The fourth-order valence-corrected chi connectivity index (χ4v) is 2.10. The Bertz CT molecular complexity index is 473. The first-order valence-electron chi connectivity index (χ1n) is 6.31. The van der Waals surface area contributed by atoms with Crippen LogP contribution in [0.4, 0.5) is 0 Å². The molecule has 2 N–H and O–H groups in total. The van der Waals surface area contributed by atoms with E-state index in [9.17, 15) is 0 Å². The Hall–Kier alpha value is -1.80. The Kier molecular flexibility index (Phi) is 4.37. The average molecular weight is 242 g/mol. The van der Waals surface area contributed by atoms with Crippen molar-refractivity contribution < 1.29 is 9.73 Å². The van der Waals surface area contributed by atoms with Gasteiger partial charge in [0, 0.05) is 12.0 Å². The quantitative estimate of drug-likeness (QED) is 0.775. The number of hydrogen-bond acceptors (Lipinski definition) is 1. The molecule has 0 spiro atoms. The Morgan fingerprint density at radius 1 is 1.22 bits per heavy atom. The van der Waals surface area contributed by atoms with Crippen LogP contribution in [0.25, 0.3) is 0 Å². The summed E-state index contributed by atoms with van der Waals surface area (Å²) in [6, 6.07) is 14.9. The summed E-state index contributed by atoms with van der Waals surface area (Å²) in [6.07, 6.45) is 2.71. The molecule has 1 aromatic heterocycles. The molecule has 2 rings (SSSR count). The first kappa shape index (κ1) is 12.7. The van der Waals surface area contributed by atoms with Gasteiger partial charge in [-0.1, -0.05) is 42.5 Å². The van der Waals surface area contributed by atoms with E-state index in [4.69, 9.17) is 4.42 Å². The van der Waals surface area contributed by atoms with Crippen LogP contribution in [0.3, 0.4) is 0 Å². The summed E-state index contributed by atoms with van der Waals surface area (Å²) in [4.78, 5) is 0. The van der Waals surface area contributed by atoms with Gasteiger partial charge >= 0.3 is 0 Å². The zero-order valence-electron chi connectivity index (χ0n) is 10.8. The summed E-state index contributed by atoms with van der Waals surface area (Å²) < 4.78 is 5.37. The monoisotopic (exact) mass is 242 g/mol. The molecule has 0 radical (unpaired) electrons. The molecule has 1 heterocycles. The number of hydrogen-bond donors (Lipinski definition) is 1. The molecule has 1 aromatic carbocycles. The molecule has 0 aliphatic heterocycles. The molecule has 0 saturated carbocycles. The highest BCUT2D eigenvalue weighted by Crippen LogP contribution is 2.16. The molecule has 2 nitrogen and oxygen atoms in total. The molecule has 0 bridgehead atoms. The van der Waals surface area contributed by atoms with E-state index < -0.39 is 0 Å². The zero-order valence-corrected chi connectivity index (χ0v) is 10.8. The van der Waals surface area contributed by atoms with Gasteiger partial charge in [0.2, 0.25) is 0 Å². The van der Waals surface area contributed by atoms with Crippen molar-refractivity contribution in [3.63, 3.8) is 0 Å². The van der Waals surface area contributed by atoms with Crippen LogP contribution in [-0.2, 0) is 6.54 Å². The van der Waals surface area contributed by atoms with E-state index in [1.807, 2.05) is 18.2 Å². The van der Waals surface area contributed by atoms with Gasteiger partial charge in [-0.05, 0) is 19.1 Å². The zero-order chi connectivity index (χ0) is 12.8. The van der Waals surface area contributed by atoms with Crippen molar-refractivity contribution in [1.82, 2.24) is 0 Å². The topological polar surface area (TPSA) is 29.8 Å². The second-order valence-electron chi connectivity index (χ2n) is 4.70. The van der Waals surface area contributed by atoms with Gasteiger partial charge in [-0.25, -0.2) is 0 Å². The Morgan fingerprint density at radius 2 is 2.00 bits per heavy atom. The van der Waals surface area contributed by atoms with Crippen molar-refractivity contribution in [2.75, 3.05) is 0 Å². The summed E-state index contributed by atoms with van der Waals surface area (Å²) in [5.74, 6) is 1.01. The van der Waals surface area contributed by atoms with Crippen molar-refractivity contribution in [2.24, 2.45) is 0 Å². The van der Waals surface area contributed by atoms with Crippen molar-refractivity contribution >= 4 is 0 Å². The highest BCUT2D eigenvalue weighted by atomic mass is 16.3. The average Bonchev–Trinajstić information content (AvgIpc) is 2.88. The largest absolute Gasteiger partial charge is 0.463 e. The molecule has 2 aromatic rings. The maximum absolute atomic E-state index is 5.37. The molecule has 0 aliphatic carbocycles. The minimum atomic E-state index is 0.411. The summed E-state index contributed by atoms with van der Waals surface area (Å²) in [5, 5.41) is 2.31. The van der Waals surface area contributed by atoms with Crippen molar-refractivity contribution in [2.45, 2.75) is 25.9 Å². The lowest BCUT2D eigenvalue weighted by Gasteiger charge is -2.15. The molecule has 1 atom stereocenters. The summed E-state index contributed by atoms with van der Waals surface area (Å²) in [6.45, 7) is 6.96. The van der Waals surface area contributed by atoms with Crippen LogP contribution in [0.15, 0.2) is 65.3 Å². The lowest BCUT2D eigenvalue weighted by atomic mass is 10.0. The van der Waals surface area contributed by atoms with E-state index >= 15 is 0 Å². The van der Waals surface area contributed by atoms with Gasteiger partial charge in [0.25, 0.3) is 0 Å². The predicted octanol–water partition coefficient (Wildman–Crippen LogP) is 3.05. The maximum Gasteiger partial charge on any atom is 0.157 e. The fourth-order valence-electron chi connectivity index (χ4n) is 2.10. The number of benzene rings is 1. The standard InChI is InChI=1S/C16H19NO/c1-13(2)11-16(14-7-4-3-5-8-14)17-12-15-9-6-10-18-15/h3-10,16-17H,1,11-12H2,2H3/p+1/t16-/m1/s1. The molecular formula is C16H20NO+. The number of rotatable bonds is 6. The number of furan rings is 1. The number of nitrogens with two attached hydrogens (primary N) is 1. The third-order valence-electron chi connectivity index (χ3n) is 2.98. The number of quaternary nitrogens is 1. The lowest BCUT2D eigenvalue weighted by molar-refractivity contribution is -0.712. The van der Waals surface area contributed by atoms with Gasteiger partial charge in [0.15, 0.2) is 5.76 Å². The summed E-state index contributed by atoms with van der Waals surface area (Å²) >= 11 is 0. The highest BCUT2D eigenvalue weighted by molar-refractivity contribution is 5.18. The van der Waals surface area contributed by atoms with Crippen LogP contribution in [0.5, 0.6) is 0 Å². The summed E-state index contributed by atoms with van der Waals surface area (Å²) in [7, 11) is 0. The van der Waals surface area contributed by atoms with Crippen molar-refractivity contribution in [3.05, 3.63) is 72.2 Å². The van der Waals surface area contributed by atoms with E-state index in [0.717, 1.165) is 18.7 Å². The van der Waals surface area contributed by atoms with Crippen molar-refractivity contribution in [1.29, 1.82) is 0 Å². The Morgan fingerprint density at radius 3 is 2.61 bits per heavy atom. The van der Waals surface area contributed by atoms with Crippen LogP contribution < -0.4 is 5.32 Å². The lowest BCUT2D eigenvalue weighted by Crippen LogP contribution is -2.83. The second-order valence-corrected chi connectivity index (χ2v) is 4.70. The Labute approximate surface area is 108 Å². The van der Waals surface area contributed by atoms with E-state index in [0.29, 0.717) is 6.04 Å². The third-order valence-corrected chi connectivity index (χ3v) is 2.98. The van der Waals surface area contributed by atoms with Gasteiger partial charge in [-0.3, -0.25) is 0 Å². The maximum atomic E-state index is 5.37. The molecule has 18 heavy (non-hydrogen) atoms. The van der Waals surface area contributed by atoms with Gasteiger partial charge in [0.05, 0.1) is 6.26 Å². The van der Waals surface area contributed by atoms with Crippen LogP contribution >= 0.6 is 0 Å². The molecule has 0 saturated heterocycles. The van der Waals surface area contributed by atoms with Crippen LogP contribution in [-0.4, -0.2) is 0 Å². The van der Waals surface area contributed by atoms with Gasteiger partial charge in [0.1, 0.15) is 12.6 Å². The fraction of sp³-hybridized carbons (Fsp3) is 0.250. The SMILES string of the molecule is C=C(C)C[C@@H]([NH2+]Cc1ccco1)c1ccccc1. The first-order valence-corrected chi connectivity index (χ1v) is 6.31. The van der Waals surface area contributed by atoms with Gasteiger partial charge in [-0.15, -0.1) is 0 Å². The molecule has 0 fully saturated rings. The smallest absolute Gasteiger partial charge is 0.157 e. The van der Waals surface area contributed by atoms with E-state index in [1.165, 1.54) is 11.1 Å². The molecular weight excluding hydrogens is 222 g/mol. The van der Waals surface area contributed by atoms with E-state index in [1.54, 1.807) is 6.26 Å². The van der Waals surface area contributed by atoms with Crippen LogP contribution in [0, 0.1) is 0 Å². The molecule has 2 heteroatoms. The normalized spacial score (nSPS) is 12.3. The van der Waals surface area contributed by atoms with E-state index in [2.05, 4.69) is 43.1 Å². The first-order chi connectivity index (χ1) is 8.75. The second kappa shape index (κ2) is 6.22. The highest BCUT2D eigenvalue weighted by Gasteiger charge is 2.15. The minimum Gasteiger partial charge on any atom is -0.463 e. The third kappa shape index (κ3) is 3.60. The van der Waals surface area contributed by atoms with Crippen LogP contribution in [0.2, 0.25) is 0 Å². The summed E-state index contributed by atoms with van der Waals surface area (Å²) in [5.41, 5.74) is 2.55. The molecule has 0 aliphatic rings. The van der Waals surface area contributed by atoms with Gasteiger partial charge < -0.3 is 9.73 Å². The van der Waals surface area contributed by atoms with E-state index in [-0.39, 0.29) is 0 Å². The van der Waals surface area contributed by atoms with Crippen molar-refractivity contribution in [3.8, 4) is 0 Å². The van der Waals surface area contributed by atoms with Crippen LogP contribution in [0.1, 0.15) is 30.7 Å².